The van der Waals surface area contributed by atoms with Crippen molar-refractivity contribution >= 4 is 16.1 Å². The van der Waals surface area contributed by atoms with Gasteiger partial charge in [0.25, 0.3) is 0 Å². The molecule has 0 saturated carbocycles. The third kappa shape index (κ3) is 3.39. The van der Waals surface area contributed by atoms with Crippen molar-refractivity contribution in [1.29, 1.82) is 0 Å². The Kier molecular flexibility index (Phi) is 4.08. The highest BCUT2D eigenvalue weighted by Gasteiger charge is 2.53. The van der Waals surface area contributed by atoms with E-state index in [9.17, 15) is 25.9 Å². The number of amides is 1. The Morgan fingerprint density at radius 3 is 2.27 bits per heavy atom. The number of allylic oxidation sites excluding steroid dienone is 2. The predicted molar refractivity (Wildman–Crippen MR) is 47.1 cm³/mol. The summed E-state index contributed by atoms with van der Waals surface area (Å²) in [6.45, 7) is 4.63. The van der Waals surface area contributed by atoms with Gasteiger partial charge < -0.3 is 5.32 Å². The number of nitrogens with one attached hydrogen (secondary N) is 1. The third-order valence-corrected chi connectivity index (χ3v) is 2.01. The van der Waals surface area contributed by atoms with Crippen molar-refractivity contribution in [2.45, 2.75) is 12.2 Å². The van der Waals surface area contributed by atoms with Gasteiger partial charge in [0.15, 0.2) is 0 Å². The monoisotopic (exact) mass is 243 g/mol. The largest absolute Gasteiger partial charge is 0.451 e. The van der Waals surface area contributed by atoms with Gasteiger partial charge >= 0.3 is 21.4 Å². The molecule has 0 bridgehead atoms. The minimum Gasteiger partial charge on any atom is -0.320 e. The van der Waals surface area contributed by atoms with Crippen LogP contribution in [0.1, 0.15) is 6.92 Å². The van der Waals surface area contributed by atoms with Gasteiger partial charge in [0.2, 0.25) is 0 Å². The van der Waals surface area contributed by atoms with E-state index >= 15 is 0 Å². The van der Waals surface area contributed by atoms with Crippen LogP contribution in [0.2, 0.25) is 0 Å². The Balaban J connectivity index is 4.82. The lowest BCUT2D eigenvalue weighted by Crippen LogP contribution is -2.43. The molecule has 0 atom stereocenters. The zero-order chi connectivity index (χ0) is 12.3. The van der Waals surface area contributed by atoms with E-state index < -0.39 is 21.4 Å². The van der Waals surface area contributed by atoms with Crippen molar-refractivity contribution in [3.8, 4) is 0 Å². The maximum absolute atomic E-state index is 12.5. The second-order valence-corrected chi connectivity index (χ2v) is 3.82. The van der Waals surface area contributed by atoms with Crippen molar-refractivity contribution in [3.63, 3.8) is 0 Å². The fraction of sp³-hybridized carbons (Fsp3) is 0.286. The minimum absolute atomic E-state index is 0.272. The molecule has 1 amide bonds. The SMILES string of the molecule is C=C(C=CC)NC(=O)C(F)(F)S(=O)(=O)F. The van der Waals surface area contributed by atoms with Crippen molar-refractivity contribution in [3.05, 3.63) is 24.4 Å². The van der Waals surface area contributed by atoms with E-state index in [2.05, 4.69) is 6.58 Å². The fourth-order valence-electron chi connectivity index (χ4n) is 0.572. The number of hydrogen-bond acceptors (Lipinski definition) is 3. The topological polar surface area (TPSA) is 63.2 Å². The van der Waals surface area contributed by atoms with Gasteiger partial charge in [-0.15, -0.1) is 0 Å². The van der Waals surface area contributed by atoms with Crippen LogP contribution in [-0.4, -0.2) is 19.6 Å². The molecule has 15 heavy (non-hydrogen) atoms. The van der Waals surface area contributed by atoms with E-state index in [1.165, 1.54) is 18.3 Å². The predicted octanol–water partition coefficient (Wildman–Crippen LogP) is 1.08. The molecule has 0 aromatic heterocycles. The smallest absolute Gasteiger partial charge is 0.320 e. The molecule has 0 heterocycles. The first kappa shape index (κ1) is 13.7. The van der Waals surface area contributed by atoms with E-state index in [1.807, 2.05) is 0 Å². The third-order valence-electron chi connectivity index (χ3n) is 1.21. The van der Waals surface area contributed by atoms with Crippen LogP contribution in [0.5, 0.6) is 0 Å². The molecule has 0 unspecified atom stereocenters. The summed E-state index contributed by atoms with van der Waals surface area (Å²) in [5.74, 6) is -2.28. The first-order chi connectivity index (χ1) is 6.63. The van der Waals surface area contributed by atoms with Crippen LogP contribution in [0.3, 0.4) is 0 Å². The molecule has 0 aliphatic carbocycles. The lowest BCUT2D eigenvalue weighted by molar-refractivity contribution is -0.135. The lowest BCUT2D eigenvalue weighted by atomic mass is 10.4. The fourth-order valence-corrected chi connectivity index (χ4v) is 0.845. The summed E-state index contributed by atoms with van der Waals surface area (Å²) in [6.07, 6.45) is 2.50. The zero-order valence-corrected chi connectivity index (χ0v) is 8.45. The molecular formula is C7H8F3NO3S. The molecule has 4 nitrogen and oxygen atoms in total. The molecular weight excluding hydrogens is 235 g/mol. The van der Waals surface area contributed by atoms with Gasteiger partial charge in [-0.25, -0.2) is 0 Å². The zero-order valence-electron chi connectivity index (χ0n) is 7.63. The molecule has 0 aromatic rings. The molecule has 0 radical (unpaired) electrons. The van der Waals surface area contributed by atoms with Crippen LogP contribution >= 0.6 is 0 Å². The summed E-state index contributed by atoms with van der Waals surface area (Å²) >= 11 is 0. The van der Waals surface area contributed by atoms with E-state index in [4.69, 9.17) is 0 Å². The van der Waals surface area contributed by atoms with Gasteiger partial charge in [-0.1, -0.05) is 16.5 Å². The minimum atomic E-state index is -6.27. The summed E-state index contributed by atoms with van der Waals surface area (Å²) in [5.41, 5.74) is -0.272. The highest BCUT2D eigenvalue weighted by Crippen LogP contribution is 2.23. The maximum Gasteiger partial charge on any atom is 0.451 e. The van der Waals surface area contributed by atoms with Crippen molar-refractivity contribution < 1.29 is 25.9 Å². The summed E-state index contributed by atoms with van der Waals surface area (Å²) in [5, 5.41) is -3.68. The van der Waals surface area contributed by atoms with Crippen molar-refractivity contribution in [1.82, 2.24) is 5.32 Å². The average molecular weight is 243 g/mol. The molecule has 1 N–H and O–H groups in total. The number of hydrogen-bond donors (Lipinski definition) is 1. The molecule has 8 heteroatoms. The Hall–Kier alpha value is -1.31. The van der Waals surface area contributed by atoms with Gasteiger partial charge in [-0.3, -0.25) is 4.79 Å². The molecule has 0 fully saturated rings. The molecule has 0 aromatic carbocycles. The highest BCUT2D eigenvalue weighted by atomic mass is 32.3. The normalized spacial score (nSPS) is 12.8. The number of carbonyl (C=O) groups is 1. The van der Waals surface area contributed by atoms with Crippen LogP contribution in [0, 0.1) is 0 Å². The summed E-state index contributed by atoms with van der Waals surface area (Å²) < 4.78 is 56.8. The molecule has 0 aliphatic rings. The van der Waals surface area contributed by atoms with E-state index in [1.54, 1.807) is 0 Å². The van der Waals surface area contributed by atoms with E-state index in [-0.39, 0.29) is 5.70 Å². The van der Waals surface area contributed by atoms with Gasteiger partial charge in [0.1, 0.15) is 0 Å². The lowest BCUT2D eigenvalue weighted by Gasteiger charge is -2.11. The summed E-state index contributed by atoms with van der Waals surface area (Å²) in [7, 11) is -6.27. The Bertz CT molecular complexity index is 400. The second kappa shape index (κ2) is 4.47. The molecule has 86 valence electrons. The Morgan fingerprint density at radius 1 is 1.47 bits per heavy atom. The van der Waals surface area contributed by atoms with Gasteiger partial charge in [0.05, 0.1) is 0 Å². The van der Waals surface area contributed by atoms with Gasteiger partial charge in [0, 0.05) is 5.70 Å². The number of rotatable bonds is 4. The number of alkyl halides is 2. The van der Waals surface area contributed by atoms with Crippen LogP contribution in [-0.2, 0) is 15.0 Å². The number of halogens is 3. The van der Waals surface area contributed by atoms with Crippen LogP contribution in [0.25, 0.3) is 0 Å². The Labute approximate surface area is 84.7 Å². The number of carbonyl (C=O) groups excluding carboxylic acids is 1. The van der Waals surface area contributed by atoms with Crippen molar-refractivity contribution in [2.24, 2.45) is 0 Å². The van der Waals surface area contributed by atoms with Crippen LogP contribution in [0.15, 0.2) is 24.4 Å². The van der Waals surface area contributed by atoms with Crippen LogP contribution < -0.4 is 5.32 Å². The first-order valence-corrected chi connectivity index (χ1v) is 4.96. The van der Waals surface area contributed by atoms with Crippen LogP contribution in [0.4, 0.5) is 12.7 Å². The molecule has 0 rings (SSSR count). The van der Waals surface area contributed by atoms with Gasteiger partial charge in [-0.2, -0.15) is 17.2 Å². The molecule has 0 spiro atoms. The quantitative estimate of drug-likeness (QED) is 0.593. The second-order valence-electron chi connectivity index (χ2n) is 2.43. The van der Waals surface area contributed by atoms with Gasteiger partial charge in [-0.05, 0) is 13.0 Å². The highest BCUT2D eigenvalue weighted by molar-refractivity contribution is 7.88. The summed E-state index contributed by atoms with van der Waals surface area (Å²) in [6, 6.07) is 0. The molecule has 0 saturated heterocycles. The first-order valence-electron chi connectivity index (χ1n) is 3.58. The van der Waals surface area contributed by atoms with Crippen molar-refractivity contribution in [2.75, 3.05) is 0 Å². The average Bonchev–Trinajstić information content (AvgIpc) is 2.02. The summed E-state index contributed by atoms with van der Waals surface area (Å²) in [4.78, 5) is 10.6. The standard InChI is InChI=1S/C7H8F3NO3S/c1-3-4-5(2)11-6(12)7(8,9)15(10,13)14/h3-4H,2H2,1H3,(H,11,12). The Morgan fingerprint density at radius 2 is 1.93 bits per heavy atom. The maximum atomic E-state index is 12.5. The molecule has 0 aliphatic heterocycles. The van der Waals surface area contributed by atoms with E-state index in [0.717, 1.165) is 6.08 Å². The van der Waals surface area contributed by atoms with E-state index in [0.29, 0.717) is 0 Å².